The molecule has 0 heterocycles. The molecule has 0 fully saturated rings. The lowest BCUT2D eigenvalue weighted by Gasteiger charge is -2.37. The van der Waals surface area contributed by atoms with Crippen LogP contribution in [0.4, 0.5) is 0 Å². The molecule has 0 saturated carbocycles. The zero-order valence-electron chi connectivity index (χ0n) is 12.1. The molecule has 0 saturated heterocycles. The van der Waals surface area contributed by atoms with Gasteiger partial charge >= 0.3 is 0 Å². The molecule has 16 heavy (non-hydrogen) atoms. The summed E-state index contributed by atoms with van der Waals surface area (Å²) >= 11 is 0. The van der Waals surface area contributed by atoms with Crippen LogP contribution in [0.5, 0.6) is 0 Å². The lowest BCUT2D eigenvalue weighted by atomic mass is 9.80. The fraction of sp³-hybridized carbons (Fsp3) is 0.933. The minimum Gasteiger partial charge on any atom is -0.383 e. The second-order valence-electron chi connectivity index (χ2n) is 5.26. The first-order valence-electron chi connectivity index (χ1n) is 6.94. The topological polar surface area (TPSA) is 9.23 Å². The third-order valence-corrected chi connectivity index (χ3v) is 4.57. The standard InChI is InChI=1S/C15H31O/c1-7-14(6,8-2)12-16-13-15(9-3,10-4)11-5/h6-13H2,1-5H3/q-1. The molecule has 0 rings (SSSR count). The van der Waals surface area contributed by atoms with E-state index in [1.165, 1.54) is 19.3 Å². The molecule has 0 aromatic heterocycles. The molecule has 0 spiro atoms. The van der Waals surface area contributed by atoms with Crippen molar-refractivity contribution in [2.24, 2.45) is 10.8 Å². The van der Waals surface area contributed by atoms with E-state index in [2.05, 4.69) is 41.5 Å². The fourth-order valence-electron chi connectivity index (χ4n) is 1.99. The van der Waals surface area contributed by atoms with Crippen molar-refractivity contribution < 1.29 is 4.74 Å². The maximum atomic E-state index is 5.96. The second kappa shape index (κ2) is 7.32. The van der Waals surface area contributed by atoms with Gasteiger partial charge in [-0.2, -0.15) is 0 Å². The highest BCUT2D eigenvalue weighted by molar-refractivity contribution is 4.80. The van der Waals surface area contributed by atoms with Crippen molar-refractivity contribution in [3.8, 4) is 0 Å². The molecule has 0 unspecified atom stereocenters. The minimum atomic E-state index is 0.126. The van der Waals surface area contributed by atoms with Crippen LogP contribution in [-0.4, -0.2) is 13.2 Å². The molecule has 0 aromatic carbocycles. The first-order valence-corrected chi connectivity index (χ1v) is 6.94. The van der Waals surface area contributed by atoms with Gasteiger partial charge in [0.2, 0.25) is 0 Å². The number of rotatable bonds is 9. The third-order valence-electron chi connectivity index (χ3n) is 4.57. The normalized spacial score (nSPS) is 13.1. The summed E-state index contributed by atoms with van der Waals surface area (Å²) in [7, 11) is 0. The first kappa shape index (κ1) is 16.0. The summed E-state index contributed by atoms with van der Waals surface area (Å²) in [5.41, 5.74) is 0.517. The van der Waals surface area contributed by atoms with E-state index in [9.17, 15) is 0 Å². The van der Waals surface area contributed by atoms with Gasteiger partial charge in [-0.05, 0) is 24.7 Å². The number of hydrogen-bond acceptors (Lipinski definition) is 1. The summed E-state index contributed by atoms with van der Waals surface area (Å²) < 4.78 is 5.96. The third kappa shape index (κ3) is 4.45. The smallest absolute Gasteiger partial charge is 0.0521 e. The molecule has 1 heteroatoms. The van der Waals surface area contributed by atoms with E-state index in [1.807, 2.05) is 0 Å². The minimum absolute atomic E-state index is 0.126. The predicted octanol–water partition coefficient (Wildman–Crippen LogP) is 4.86. The van der Waals surface area contributed by atoms with Gasteiger partial charge < -0.3 is 11.7 Å². The highest BCUT2D eigenvalue weighted by atomic mass is 16.5. The molecule has 98 valence electrons. The Kier molecular flexibility index (Phi) is 7.30. The molecule has 0 aliphatic carbocycles. The Hall–Kier alpha value is -0.0400. The van der Waals surface area contributed by atoms with Crippen LogP contribution in [0.25, 0.3) is 0 Å². The fourth-order valence-corrected chi connectivity index (χ4v) is 1.99. The van der Waals surface area contributed by atoms with Crippen molar-refractivity contribution in [3.63, 3.8) is 0 Å². The van der Waals surface area contributed by atoms with E-state index < -0.39 is 0 Å². The summed E-state index contributed by atoms with van der Waals surface area (Å²) in [4.78, 5) is 0. The average molecular weight is 227 g/mol. The molecule has 0 atom stereocenters. The van der Waals surface area contributed by atoms with Crippen molar-refractivity contribution in [3.05, 3.63) is 6.92 Å². The van der Waals surface area contributed by atoms with Gasteiger partial charge in [-0.1, -0.05) is 47.5 Å². The molecule has 0 bridgehead atoms. The van der Waals surface area contributed by atoms with Crippen LogP contribution in [0.1, 0.15) is 66.7 Å². The van der Waals surface area contributed by atoms with Crippen molar-refractivity contribution in [1.82, 2.24) is 0 Å². The number of hydrogen-bond donors (Lipinski definition) is 0. The summed E-state index contributed by atoms with van der Waals surface area (Å²) in [6, 6.07) is 0. The zero-order chi connectivity index (χ0) is 12.7. The van der Waals surface area contributed by atoms with Crippen LogP contribution in [0, 0.1) is 17.8 Å². The van der Waals surface area contributed by atoms with Crippen LogP contribution in [-0.2, 0) is 4.74 Å². The summed E-state index contributed by atoms with van der Waals surface area (Å²) in [5.74, 6) is 0. The Balaban J connectivity index is 4.13. The van der Waals surface area contributed by atoms with Gasteiger partial charge in [0.1, 0.15) is 0 Å². The maximum absolute atomic E-state index is 5.96. The molecule has 0 aromatic rings. The second-order valence-corrected chi connectivity index (χ2v) is 5.26. The summed E-state index contributed by atoms with van der Waals surface area (Å²) in [6.07, 6.45) is 5.83. The zero-order valence-corrected chi connectivity index (χ0v) is 12.1. The summed E-state index contributed by atoms with van der Waals surface area (Å²) in [5, 5.41) is 0. The largest absolute Gasteiger partial charge is 0.383 e. The summed E-state index contributed by atoms with van der Waals surface area (Å²) in [6.45, 7) is 17.2. The Labute approximate surface area is 103 Å². The van der Waals surface area contributed by atoms with E-state index >= 15 is 0 Å². The Morgan fingerprint density at radius 3 is 1.50 bits per heavy atom. The molecular weight excluding hydrogens is 196 g/mol. The maximum Gasteiger partial charge on any atom is 0.0521 e. The number of ether oxygens (including phenoxy) is 1. The van der Waals surface area contributed by atoms with Gasteiger partial charge in [0, 0.05) is 6.61 Å². The highest BCUT2D eigenvalue weighted by Gasteiger charge is 2.24. The molecular formula is C15H31O-. The van der Waals surface area contributed by atoms with Crippen molar-refractivity contribution in [1.29, 1.82) is 0 Å². The van der Waals surface area contributed by atoms with E-state index in [4.69, 9.17) is 4.74 Å². The van der Waals surface area contributed by atoms with Crippen molar-refractivity contribution in [2.45, 2.75) is 66.7 Å². The predicted molar refractivity (Wildman–Crippen MR) is 72.5 cm³/mol. The van der Waals surface area contributed by atoms with E-state index in [0.717, 1.165) is 26.1 Å². The average Bonchev–Trinajstić information content (AvgIpc) is 2.35. The van der Waals surface area contributed by atoms with Crippen molar-refractivity contribution in [2.75, 3.05) is 13.2 Å². The van der Waals surface area contributed by atoms with Gasteiger partial charge in [-0.15, -0.1) is 5.41 Å². The van der Waals surface area contributed by atoms with Crippen LogP contribution in [0.15, 0.2) is 0 Å². The first-order chi connectivity index (χ1) is 7.51. The van der Waals surface area contributed by atoms with Crippen LogP contribution in [0.2, 0.25) is 0 Å². The van der Waals surface area contributed by atoms with Crippen LogP contribution >= 0.6 is 0 Å². The Bertz CT molecular complexity index is 158. The lowest BCUT2D eigenvalue weighted by Crippen LogP contribution is -2.29. The Morgan fingerprint density at radius 1 is 0.750 bits per heavy atom. The molecule has 0 N–H and O–H groups in total. The molecule has 1 nitrogen and oxygen atoms in total. The van der Waals surface area contributed by atoms with Crippen LogP contribution < -0.4 is 0 Å². The monoisotopic (exact) mass is 227 g/mol. The van der Waals surface area contributed by atoms with E-state index in [1.54, 1.807) is 0 Å². The van der Waals surface area contributed by atoms with E-state index in [-0.39, 0.29) is 5.41 Å². The van der Waals surface area contributed by atoms with Gasteiger partial charge in [0.25, 0.3) is 0 Å². The molecule has 0 amide bonds. The molecule has 0 radical (unpaired) electrons. The van der Waals surface area contributed by atoms with Crippen molar-refractivity contribution >= 4 is 0 Å². The Morgan fingerprint density at radius 2 is 1.19 bits per heavy atom. The molecule has 0 aliphatic heterocycles. The SMILES string of the molecule is [CH2-]C(CC)(CC)COCC(CC)(CC)CC. The van der Waals surface area contributed by atoms with E-state index in [0.29, 0.717) is 5.41 Å². The highest BCUT2D eigenvalue weighted by Crippen LogP contribution is 2.32. The van der Waals surface area contributed by atoms with Crippen LogP contribution in [0.3, 0.4) is 0 Å². The van der Waals surface area contributed by atoms with Gasteiger partial charge in [-0.25, -0.2) is 0 Å². The van der Waals surface area contributed by atoms with Gasteiger partial charge in [-0.3, -0.25) is 0 Å². The van der Waals surface area contributed by atoms with Gasteiger partial charge in [0.15, 0.2) is 0 Å². The molecule has 0 aliphatic rings. The quantitative estimate of drug-likeness (QED) is 0.511. The lowest BCUT2D eigenvalue weighted by molar-refractivity contribution is -0.00276. The van der Waals surface area contributed by atoms with Gasteiger partial charge in [0.05, 0.1) is 6.61 Å².